The first-order valence-electron chi connectivity index (χ1n) is 9.74. The average Bonchev–Trinajstić information content (AvgIpc) is 2.96. The molecule has 0 spiro atoms. The highest BCUT2D eigenvalue weighted by Crippen LogP contribution is 2.25. The van der Waals surface area contributed by atoms with Crippen molar-refractivity contribution in [2.45, 2.75) is 71.1 Å². The number of aliphatic hydroxyl groups excluding tert-OH is 1. The summed E-state index contributed by atoms with van der Waals surface area (Å²) in [4.78, 5) is 23.0. The van der Waals surface area contributed by atoms with Crippen molar-refractivity contribution in [1.82, 2.24) is 0 Å². The molecular weight excluding hydrogens is 344 g/mol. The summed E-state index contributed by atoms with van der Waals surface area (Å²) in [5.41, 5.74) is 0.0232. The molecule has 1 fully saturated rings. The lowest BCUT2D eigenvalue weighted by Crippen LogP contribution is -2.05. The molecule has 1 N–H and O–H groups in total. The van der Waals surface area contributed by atoms with Crippen LogP contribution in [0.15, 0.2) is 47.8 Å². The van der Waals surface area contributed by atoms with E-state index in [1.165, 1.54) is 25.7 Å². The predicted octanol–water partition coefficient (Wildman–Crippen LogP) is 6.23. The summed E-state index contributed by atoms with van der Waals surface area (Å²) in [6.45, 7) is 2.22. The lowest BCUT2D eigenvalue weighted by atomic mass is 10.1. The highest BCUT2D eigenvalue weighted by Gasteiger charge is 2.30. The molecule has 0 amide bonds. The van der Waals surface area contributed by atoms with Crippen molar-refractivity contribution in [1.29, 1.82) is 0 Å². The molecule has 0 bridgehead atoms. The number of rotatable bonds is 13. The van der Waals surface area contributed by atoms with Crippen LogP contribution in [0.5, 0.6) is 0 Å². The van der Waals surface area contributed by atoms with Gasteiger partial charge >= 0.3 is 0 Å². The number of hydrogen-bond acceptors (Lipinski definition) is 4. The fourth-order valence-electron chi connectivity index (χ4n) is 2.64. The maximum absolute atomic E-state index is 11.5. The molecule has 1 heterocycles. The first kappa shape index (κ1) is 22.5. The minimum Gasteiger partial charge on any atom is -0.511 e. The Bertz CT molecular complexity index is 538. The number of carbonyl (C=O) groups is 2. The van der Waals surface area contributed by atoms with E-state index < -0.39 is 0 Å². The van der Waals surface area contributed by atoms with Gasteiger partial charge < -0.3 is 5.11 Å². The van der Waals surface area contributed by atoms with Crippen LogP contribution in [0, 0.1) is 0 Å². The van der Waals surface area contributed by atoms with Gasteiger partial charge in [0.25, 0.3) is 0 Å². The number of carbonyl (C=O) groups excluding carboxylic acids is 2. The molecule has 26 heavy (non-hydrogen) atoms. The minimum atomic E-state index is -0.282. The van der Waals surface area contributed by atoms with Gasteiger partial charge in [0.2, 0.25) is 5.12 Å². The molecule has 144 valence electrons. The van der Waals surface area contributed by atoms with E-state index in [4.69, 9.17) is 0 Å². The van der Waals surface area contributed by atoms with Gasteiger partial charge in [-0.2, -0.15) is 0 Å². The second-order valence-corrected chi connectivity index (χ2v) is 7.40. The highest BCUT2D eigenvalue weighted by atomic mass is 32.2. The van der Waals surface area contributed by atoms with Crippen LogP contribution in [0.3, 0.4) is 0 Å². The summed E-state index contributed by atoms with van der Waals surface area (Å²) in [5, 5.41) is 9.60. The van der Waals surface area contributed by atoms with E-state index in [1.54, 1.807) is 0 Å². The Morgan fingerprint density at radius 1 is 0.923 bits per heavy atom. The second kappa shape index (κ2) is 14.6. The van der Waals surface area contributed by atoms with Gasteiger partial charge in [0.05, 0.1) is 5.75 Å². The van der Waals surface area contributed by atoms with Crippen LogP contribution >= 0.6 is 11.8 Å². The molecular formula is C22H32O3S. The van der Waals surface area contributed by atoms with Crippen LogP contribution in [-0.4, -0.2) is 21.8 Å². The lowest BCUT2D eigenvalue weighted by molar-refractivity contribution is -0.115. The Balaban J connectivity index is 2.04. The average molecular weight is 377 g/mol. The van der Waals surface area contributed by atoms with Crippen LogP contribution < -0.4 is 0 Å². The third-order valence-corrected chi connectivity index (χ3v) is 5.03. The maximum Gasteiger partial charge on any atom is 0.226 e. The van der Waals surface area contributed by atoms with Gasteiger partial charge in [-0.05, 0) is 44.9 Å². The van der Waals surface area contributed by atoms with Crippen molar-refractivity contribution in [3.8, 4) is 0 Å². The Morgan fingerprint density at radius 3 is 2.04 bits per heavy atom. The number of allylic oxidation sites excluding steroid dienone is 7. The van der Waals surface area contributed by atoms with Gasteiger partial charge in [-0.25, -0.2) is 0 Å². The fourth-order valence-corrected chi connectivity index (χ4v) is 3.42. The van der Waals surface area contributed by atoms with Crippen LogP contribution in [0.4, 0.5) is 0 Å². The third-order valence-electron chi connectivity index (χ3n) is 4.16. The molecule has 1 aliphatic rings. The number of aliphatic hydroxyl groups is 1. The fraction of sp³-hybridized carbons (Fsp3) is 0.545. The van der Waals surface area contributed by atoms with Crippen LogP contribution in [-0.2, 0) is 9.59 Å². The quantitative estimate of drug-likeness (QED) is 0.136. The van der Waals surface area contributed by atoms with Crippen molar-refractivity contribution >= 4 is 22.7 Å². The van der Waals surface area contributed by atoms with Gasteiger partial charge in [-0.3, -0.25) is 9.59 Å². The minimum absolute atomic E-state index is 0.0232. The summed E-state index contributed by atoms with van der Waals surface area (Å²) in [7, 11) is 0. The van der Waals surface area contributed by atoms with Crippen molar-refractivity contribution in [2.75, 3.05) is 5.75 Å². The SMILES string of the molecule is CCCCC/C=C\C/C=C\C/C=C\CCCCC(O)=C1C(=O)CSC1=O. The Labute approximate surface area is 162 Å². The topological polar surface area (TPSA) is 54.4 Å². The number of thioether (sulfide) groups is 1. The first-order chi connectivity index (χ1) is 12.7. The van der Waals surface area contributed by atoms with Crippen LogP contribution in [0.1, 0.15) is 71.1 Å². The first-order valence-corrected chi connectivity index (χ1v) is 10.7. The molecule has 1 saturated heterocycles. The van der Waals surface area contributed by atoms with E-state index in [1.807, 2.05) is 0 Å². The standard InChI is InChI=1S/C22H32O3S/c1-2-3-4-5-6-7-8-9-10-11-12-13-14-15-16-17-19(23)21-20(24)18-26-22(21)25/h6-7,9-10,12-13,23H,2-5,8,11,14-18H2,1H3/b7-6-,10-9-,13-12-,21-19?. The molecule has 0 unspecified atom stereocenters. The van der Waals surface area contributed by atoms with Crippen molar-refractivity contribution < 1.29 is 14.7 Å². The summed E-state index contributed by atoms with van der Waals surface area (Å²) < 4.78 is 0. The van der Waals surface area contributed by atoms with Crippen molar-refractivity contribution in [2.24, 2.45) is 0 Å². The molecule has 1 rings (SSSR count). The van der Waals surface area contributed by atoms with E-state index in [0.29, 0.717) is 6.42 Å². The summed E-state index contributed by atoms with van der Waals surface area (Å²) >= 11 is 0.977. The zero-order chi connectivity index (χ0) is 19.0. The van der Waals surface area contributed by atoms with E-state index >= 15 is 0 Å². The summed E-state index contributed by atoms with van der Waals surface area (Å²) in [6.07, 6.45) is 23.3. The molecule has 3 nitrogen and oxygen atoms in total. The zero-order valence-electron chi connectivity index (χ0n) is 15.9. The smallest absolute Gasteiger partial charge is 0.226 e. The second-order valence-electron chi connectivity index (χ2n) is 6.45. The van der Waals surface area contributed by atoms with Gasteiger partial charge in [0, 0.05) is 6.42 Å². The van der Waals surface area contributed by atoms with E-state index in [0.717, 1.165) is 43.9 Å². The Hall–Kier alpha value is -1.55. The van der Waals surface area contributed by atoms with Gasteiger partial charge in [0.15, 0.2) is 5.78 Å². The molecule has 4 heteroatoms. The third kappa shape index (κ3) is 9.81. The molecule has 0 aromatic carbocycles. The summed E-state index contributed by atoms with van der Waals surface area (Å²) in [5.74, 6) is -0.0944. The monoisotopic (exact) mass is 376 g/mol. The number of Topliss-reactive ketones (excluding diaryl/α,β-unsaturated/α-hetero) is 1. The largest absolute Gasteiger partial charge is 0.511 e. The highest BCUT2D eigenvalue weighted by molar-refractivity contribution is 8.15. The van der Waals surface area contributed by atoms with E-state index in [2.05, 4.69) is 43.4 Å². The normalized spacial score (nSPS) is 17.4. The van der Waals surface area contributed by atoms with Crippen LogP contribution in [0.25, 0.3) is 0 Å². The van der Waals surface area contributed by atoms with E-state index in [9.17, 15) is 14.7 Å². The molecule has 0 aromatic rings. The van der Waals surface area contributed by atoms with Crippen molar-refractivity contribution in [3.05, 3.63) is 47.8 Å². The molecule has 0 radical (unpaired) electrons. The maximum atomic E-state index is 11.5. The predicted molar refractivity (Wildman–Crippen MR) is 111 cm³/mol. The summed E-state index contributed by atoms with van der Waals surface area (Å²) in [6, 6.07) is 0. The van der Waals surface area contributed by atoms with Crippen LogP contribution in [0.2, 0.25) is 0 Å². The Kier molecular flexibility index (Phi) is 12.6. The number of ketones is 1. The molecule has 0 saturated carbocycles. The van der Waals surface area contributed by atoms with Gasteiger partial charge in [0.1, 0.15) is 11.3 Å². The molecule has 0 aliphatic carbocycles. The number of hydrogen-bond donors (Lipinski definition) is 1. The number of unbranched alkanes of at least 4 members (excludes halogenated alkanes) is 5. The lowest BCUT2D eigenvalue weighted by Gasteiger charge is -2.01. The molecule has 0 atom stereocenters. The Morgan fingerprint density at radius 2 is 1.50 bits per heavy atom. The molecule has 1 aliphatic heterocycles. The van der Waals surface area contributed by atoms with Gasteiger partial charge in [-0.15, -0.1) is 0 Å². The van der Waals surface area contributed by atoms with Crippen molar-refractivity contribution in [3.63, 3.8) is 0 Å². The molecule has 0 aromatic heterocycles. The van der Waals surface area contributed by atoms with Gasteiger partial charge in [-0.1, -0.05) is 68.0 Å². The van der Waals surface area contributed by atoms with E-state index in [-0.39, 0.29) is 28.0 Å². The zero-order valence-corrected chi connectivity index (χ0v) is 16.7.